The van der Waals surface area contributed by atoms with Crippen molar-refractivity contribution >= 4 is 102 Å². The van der Waals surface area contributed by atoms with Crippen molar-refractivity contribution in [2.45, 2.75) is 0 Å². The SMILES string of the molecule is BrP12(Br)c3c4cccc3N(c3ccccc3)c3cccc(c31)N(c1ccccc1)c1cccc(c12)N4c1ccccc1. The summed E-state index contributed by atoms with van der Waals surface area (Å²) in [5.74, 6) is 0. The first-order valence-corrected chi connectivity index (χ1v) is 20.3. The van der Waals surface area contributed by atoms with Crippen LogP contribution in [0.1, 0.15) is 0 Å². The summed E-state index contributed by atoms with van der Waals surface area (Å²) in [5, 5.41) is 3.89. The fourth-order valence-electron chi connectivity index (χ4n) is 7.14. The third-order valence-electron chi connectivity index (χ3n) is 8.65. The third-order valence-corrected chi connectivity index (χ3v) is 18.8. The average molecular weight is 689 g/mol. The Balaban J connectivity index is 1.50. The van der Waals surface area contributed by atoms with Gasteiger partial charge in [-0.15, -0.1) is 0 Å². The van der Waals surface area contributed by atoms with E-state index in [2.05, 4.69) is 191 Å². The Bertz CT molecular complexity index is 1750. The molecule has 3 aliphatic rings. The molecule has 0 unspecified atom stereocenters. The van der Waals surface area contributed by atoms with Crippen molar-refractivity contribution in [1.29, 1.82) is 0 Å². The number of hydrogen-bond acceptors (Lipinski definition) is 3. The van der Waals surface area contributed by atoms with Crippen LogP contribution >= 0.6 is 35.0 Å². The number of rotatable bonds is 3. The molecule has 0 aromatic heterocycles. The number of para-hydroxylation sites is 3. The number of halogens is 2. The molecule has 9 rings (SSSR count). The Hall–Kier alpha value is -3.89. The molecule has 0 radical (unpaired) electrons. The van der Waals surface area contributed by atoms with E-state index < -0.39 is 4.01 Å². The van der Waals surface area contributed by atoms with E-state index in [1.165, 1.54) is 50.0 Å². The van der Waals surface area contributed by atoms with Crippen LogP contribution in [0.3, 0.4) is 0 Å². The van der Waals surface area contributed by atoms with Crippen LogP contribution < -0.4 is 30.6 Å². The van der Waals surface area contributed by atoms with Crippen molar-refractivity contribution in [3.05, 3.63) is 146 Å². The van der Waals surface area contributed by atoms with E-state index in [0.29, 0.717) is 0 Å². The van der Waals surface area contributed by atoms with E-state index in [4.69, 9.17) is 0 Å². The monoisotopic (exact) mass is 687 g/mol. The van der Waals surface area contributed by atoms with Gasteiger partial charge in [-0.25, -0.2) is 0 Å². The molecule has 3 nitrogen and oxygen atoms in total. The van der Waals surface area contributed by atoms with Gasteiger partial charge >= 0.3 is 262 Å². The van der Waals surface area contributed by atoms with Crippen LogP contribution in [0.25, 0.3) is 0 Å². The van der Waals surface area contributed by atoms with E-state index in [-0.39, 0.29) is 0 Å². The zero-order valence-electron chi connectivity index (χ0n) is 22.4. The standard InChI is InChI=1S/C36H24Br2N3P/c37-42(38)34-28-19-10-21-30(34)40(26-15-6-2-7-16-26)32-23-12-24-33(36(32)42)41(27-17-8-3-9-18-27)31-22-11-20-29(35(31)42)39(28)25-13-4-1-5-14-25/h1-24H. The van der Waals surface area contributed by atoms with Crippen molar-refractivity contribution in [2.75, 3.05) is 14.7 Å². The number of hydrogen-bond donors (Lipinski definition) is 0. The normalized spacial score (nSPS) is 17.2. The molecule has 0 saturated heterocycles. The van der Waals surface area contributed by atoms with E-state index in [1.54, 1.807) is 0 Å². The van der Waals surface area contributed by atoms with E-state index in [0.717, 1.165) is 17.1 Å². The molecule has 6 aromatic rings. The maximum atomic E-state index is 4.66. The Morgan fingerprint density at radius 1 is 0.310 bits per heavy atom. The van der Waals surface area contributed by atoms with Gasteiger partial charge in [0.05, 0.1) is 0 Å². The zero-order chi connectivity index (χ0) is 28.1. The Morgan fingerprint density at radius 2 is 0.548 bits per heavy atom. The van der Waals surface area contributed by atoms with Crippen LogP contribution in [-0.2, 0) is 0 Å². The van der Waals surface area contributed by atoms with Crippen LogP contribution in [0, 0.1) is 0 Å². The Kier molecular flexibility index (Phi) is 5.04. The van der Waals surface area contributed by atoms with Gasteiger partial charge in [0.15, 0.2) is 0 Å². The molecule has 0 saturated carbocycles. The summed E-state index contributed by atoms with van der Waals surface area (Å²) < 4.78 is -3.36. The summed E-state index contributed by atoms with van der Waals surface area (Å²) in [6.07, 6.45) is 0. The second-order valence-corrected chi connectivity index (χ2v) is 25.4. The van der Waals surface area contributed by atoms with Crippen molar-refractivity contribution in [1.82, 2.24) is 0 Å². The fraction of sp³-hybridized carbons (Fsp3) is 0. The third kappa shape index (κ3) is 2.99. The molecule has 3 aliphatic heterocycles. The first kappa shape index (κ1) is 24.7. The first-order chi connectivity index (χ1) is 20.6. The fourth-order valence-corrected chi connectivity index (χ4v) is 17.8. The summed E-state index contributed by atoms with van der Waals surface area (Å²) in [5.41, 5.74) is 10.5. The predicted molar refractivity (Wildman–Crippen MR) is 188 cm³/mol. The van der Waals surface area contributed by atoms with E-state index >= 15 is 0 Å². The quantitative estimate of drug-likeness (QED) is 0.171. The van der Waals surface area contributed by atoms with Gasteiger partial charge in [-0.2, -0.15) is 0 Å². The number of anilines is 9. The summed E-state index contributed by atoms with van der Waals surface area (Å²) >= 11 is 9.31. The van der Waals surface area contributed by atoms with Gasteiger partial charge in [0.1, 0.15) is 0 Å². The summed E-state index contributed by atoms with van der Waals surface area (Å²) in [7, 11) is 0. The van der Waals surface area contributed by atoms with Gasteiger partial charge < -0.3 is 0 Å². The van der Waals surface area contributed by atoms with Crippen molar-refractivity contribution in [3.63, 3.8) is 0 Å². The average Bonchev–Trinajstić information content (AvgIpc) is 3.02. The van der Waals surface area contributed by atoms with Gasteiger partial charge in [-0.05, 0) is 0 Å². The van der Waals surface area contributed by atoms with Gasteiger partial charge in [-0.3, -0.25) is 0 Å². The van der Waals surface area contributed by atoms with Crippen molar-refractivity contribution in [3.8, 4) is 0 Å². The van der Waals surface area contributed by atoms with E-state index in [9.17, 15) is 0 Å². The maximum absolute atomic E-state index is 4.66. The van der Waals surface area contributed by atoms with Crippen LogP contribution in [0.5, 0.6) is 0 Å². The molecule has 0 N–H and O–H groups in total. The zero-order valence-corrected chi connectivity index (χ0v) is 26.5. The second-order valence-electron chi connectivity index (χ2n) is 10.9. The molecule has 6 aromatic carbocycles. The van der Waals surface area contributed by atoms with Crippen LogP contribution in [-0.4, -0.2) is 0 Å². The van der Waals surface area contributed by atoms with Crippen LogP contribution in [0.2, 0.25) is 0 Å². The van der Waals surface area contributed by atoms with Gasteiger partial charge in [-0.1, -0.05) is 0 Å². The molecule has 0 atom stereocenters. The molecular formula is C36H24Br2N3P. The molecule has 0 amide bonds. The van der Waals surface area contributed by atoms with Crippen molar-refractivity contribution in [2.24, 2.45) is 0 Å². The molecule has 202 valence electrons. The topological polar surface area (TPSA) is 9.72 Å². The van der Waals surface area contributed by atoms with Crippen LogP contribution in [0.4, 0.5) is 51.2 Å². The molecule has 0 aliphatic carbocycles. The molecule has 42 heavy (non-hydrogen) atoms. The van der Waals surface area contributed by atoms with Gasteiger partial charge in [0, 0.05) is 0 Å². The molecule has 6 heteroatoms. The van der Waals surface area contributed by atoms with E-state index in [1.807, 2.05) is 0 Å². The summed E-state index contributed by atoms with van der Waals surface area (Å²) in [6.45, 7) is 0. The number of benzene rings is 6. The molecule has 0 spiro atoms. The molecular weight excluding hydrogens is 665 g/mol. The predicted octanol–water partition coefficient (Wildman–Crippen LogP) is 10.5. The Labute approximate surface area is 261 Å². The van der Waals surface area contributed by atoms with Crippen molar-refractivity contribution < 1.29 is 0 Å². The molecule has 0 bridgehead atoms. The molecule has 3 heterocycles. The second kappa shape index (κ2) is 8.58. The van der Waals surface area contributed by atoms with Gasteiger partial charge in [0.25, 0.3) is 0 Å². The summed E-state index contributed by atoms with van der Waals surface area (Å²) in [4.78, 5) is 7.32. The minimum absolute atomic E-state index is 1.14. The first-order valence-electron chi connectivity index (χ1n) is 14.0. The summed E-state index contributed by atoms with van der Waals surface area (Å²) in [6, 6.07) is 52.5. The Morgan fingerprint density at radius 3 is 0.786 bits per heavy atom. The van der Waals surface area contributed by atoms with Gasteiger partial charge in [0.2, 0.25) is 0 Å². The number of nitrogens with zero attached hydrogens (tertiary/aromatic N) is 3. The molecule has 0 fully saturated rings. The van der Waals surface area contributed by atoms with Crippen LogP contribution in [0.15, 0.2) is 146 Å². The minimum atomic E-state index is -3.36.